The molecule has 0 aliphatic carbocycles. The predicted octanol–water partition coefficient (Wildman–Crippen LogP) is 2.00. The van der Waals surface area contributed by atoms with Gasteiger partial charge in [0.25, 0.3) is 5.91 Å². The molecule has 1 saturated heterocycles. The fraction of sp³-hybridized carbons (Fsp3) is 0.333. The van der Waals surface area contributed by atoms with Crippen LogP contribution in [0.3, 0.4) is 0 Å². The van der Waals surface area contributed by atoms with Gasteiger partial charge >= 0.3 is 0 Å². The van der Waals surface area contributed by atoms with Crippen LogP contribution in [-0.2, 0) is 0 Å². The van der Waals surface area contributed by atoms with Gasteiger partial charge in [0.15, 0.2) is 5.13 Å². The Morgan fingerprint density at radius 2 is 1.86 bits per heavy atom. The molecule has 110 valence electrons. The average Bonchev–Trinajstić information content (AvgIpc) is 2.94. The maximum absolute atomic E-state index is 12.4. The molecule has 6 heteroatoms. The molecule has 0 bridgehead atoms. The maximum Gasteiger partial charge on any atom is 0.253 e. The quantitative estimate of drug-likeness (QED) is 0.862. The summed E-state index contributed by atoms with van der Waals surface area (Å²) in [6.45, 7) is 5.16. The molecule has 1 aromatic heterocycles. The number of piperazine rings is 1. The highest BCUT2D eigenvalue weighted by Crippen LogP contribution is 2.23. The molecular weight excluding hydrogens is 284 g/mol. The number of aryl methyl sites for hydroxylation is 1. The molecule has 5 nitrogen and oxygen atoms in total. The fourth-order valence-electron chi connectivity index (χ4n) is 2.40. The summed E-state index contributed by atoms with van der Waals surface area (Å²) in [4.78, 5) is 22.2. The predicted molar refractivity (Wildman–Crippen MR) is 85.8 cm³/mol. The molecule has 2 N–H and O–H groups in total. The molecule has 1 amide bonds. The first-order valence-corrected chi connectivity index (χ1v) is 7.77. The lowest BCUT2D eigenvalue weighted by molar-refractivity contribution is 0.0747. The van der Waals surface area contributed by atoms with Crippen molar-refractivity contribution in [3.63, 3.8) is 0 Å². The van der Waals surface area contributed by atoms with Gasteiger partial charge in [-0.3, -0.25) is 4.79 Å². The Morgan fingerprint density at radius 1 is 1.19 bits per heavy atom. The third kappa shape index (κ3) is 3.00. The third-order valence-corrected chi connectivity index (χ3v) is 4.58. The van der Waals surface area contributed by atoms with Gasteiger partial charge in [0, 0.05) is 48.5 Å². The van der Waals surface area contributed by atoms with E-state index < -0.39 is 0 Å². The van der Waals surface area contributed by atoms with Crippen molar-refractivity contribution in [1.82, 2.24) is 9.88 Å². The molecule has 1 aliphatic heterocycles. The number of carbonyl (C=O) groups is 1. The Kier molecular flexibility index (Phi) is 3.79. The van der Waals surface area contributed by atoms with E-state index in [1.807, 2.05) is 11.1 Å². The van der Waals surface area contributed by atoms with Gasteiger partial charge in [-0.05, 0) is 31.2 Å². The minimum atomic E-state index is 0.0740. The molecule has 0 spiro atoms. The number of nitrogens with zero attached hydrogens (tertiary/aromatic N) is 3. The number of carbonyl (C=O) groups excluding carboxylic acids is 1. The molecule has 3 rings (SSSR count). The smallest absolute Gasteiger partial charge is 0.253 e. The lowest BCUT2D eigenvalue weighted by Crippen LogP contribution is -2.48. The standard InChI is InChI=1S/C15H18N4OS/c1-11-10-17-15(21-11)19-8-6-18(7-9-19)14(20)12-2-4-13(16)5-3-12/h2-5,10H,6-9,16H2,1H3. The van der Waals surface area contributed by atoms with Gasteiger partial charge in [0.05, 0.1) is 0 Å². The Labute approximate surface area is 128 Å². The van der Waals surface area contributed by atoms with Crippen molar-refractivity contribution in [2.45, 2.75) is 6.92 Å². The van der Waals surface area contributed by atoms with Gasteiger partial charge in [-0.25, -0.2) is 4.98 Å². The van der Waals surface area contributed by atoms with Gasteiger partial charge in [-0.2, -0.15) is 0 Å². The number of hydrogen-bond acceptors (Lipinski definition) is 5. The summed E-state index contributed by atoms with van der Waals surface area (Å²) < 4.78 is 0. The maximum atomic E-state index is 12.4. The van der Waals surface area contributed by atoms with Crippen LogP contribution in [0.2, 0.25) is 0 Å². The van der Waals surface area contributed by atoms with E-state index in [9.17, 15) is 4.79 Å². The molecule has 2 heterocycles. The summed E-state index contributed by atoms with van der Waals surface area (Å²) in [6.07, 6.45) is 1.89. The number of amides is 1. The van der Waals surface area contributed by atoms with E-state index in [4.69, 9.17) is 5.73 Å². The zero-order valence-electron chi connectivity index (χ0n) is 12.0. The molecule has 1 aromatic carbocycles. The Morgan fingerprint density at radius 3 is 2.43 bits per heavy atom. The normalized spacial score (nSPS) is 15.3. The third-order valence-electron chi connectivity index (χ3n) is 3.60. The minimum absolute atomic E-state index is 0.0740. The second-order valence-electron chi connectivity index (χ2n) is 5.15. The van der Waals surface area contributed by atoms with Crippen LogP contribution in [0.15, 0.2) is 30.5 Å². The lowest BCUT2D eigenvalue weighted by atomic mass is 10.1. The molecular formula is C15H18N4OS. The van der Waals surface area contributed by atoms with Crippen LogP contribution in [0.5, 0.6) is 0 Å². The van der Waals surface area contributed by atoms with Crippen LogP contribution < -0.4 is 10.6 Å². The van der Waals surface area contributed by atoms with E-state index in [0.29, 0.717) is 11.3 Å². The van der Waals surface area contributed by atoms with Crippen molar-refractivity contribution in [2.24, 2.45) is 0 Å². The number of anilines is 2. The van der Waals surface area contributed by atoms with E-state index >= 15 is 0 Å². The number of thiazole rings is 1. The van der Waals surface area contributed by atoms with Crippen LogP contribution in [0.1, 0.15) is 15.2 Å². The van der Waals surface area contributed by atoms with Crippen LogP contribution in [0.25, 0.3) is 0 Å². The summed E-state index contributed by atoms with van der Waals surface area (Å²) in [7, 11) is 0. The molecule has 1 fully saturated rings. The van der Waals surface area contributed by atoms with Crippen molar-refractivity contribution in [3.8, 4) is 0 Å². The van der Waals surface area contributed by atoms with Gasteiger partial charge < -0.3 is 15.5 Å². The second kappa shape index (κ2) is 5.73. The number of nitrogen functional groups attached to an aromatic ring is 1. The van der Waals surface area contributed by atoms with Crippen molar-refractivity contribution in [3.05, 3.63) is 40.9 Å². The van der Waals surface area contributed by atoms with E-state index in [1.54, 1.807) is 35.6 Å². The van der Waals surface area contributed by atoms with Crippen molar-refractivity contribution in [1.29, 1.82) is 0 Å². The van der Waals surface area contributed by atoms with E-state index in [-0.39, 0.29) is 5.91 Å². The highest BCUT2D eigenvalue weighted by atomic mass is 32.1. The minimum Gasteiger partial charge on any atom is -0.399 e. The SMILES string of the molecule is Cc1cnc(N2CCN(C(=O)c3ccc(N)cc3)CC2)s1. The first-order valence-electron chi connectivity index (χ1n) is 6.96. The Bertz CT molecular complexity index is 629. The number of nitrogens with two attached hydrogens (primary N) is 1. The van der Waals surface area contributed by atoms with Crippen molar-refractivity contribution >= 4 is 28.1 Å². The lowest BCUT2D eigenvalue weighted by Gasteiger charge is -2.34. The number of rotatable bonds is 2. The van der Waals surface area contributed by atoms with Crippen LogP contribution in [-0.4, -0.2) is 42.0 Å². The molecule has 21 heavy (non-hydrogen) atoms. The van der Waals surface area contributed by atoms with Gasteiger partial charge in [0.1, 0.15) is 0 Å². The molecule has 0 saturated carbocycles. The molecule has 0 radical (unpaired) electrons. The second-order valence-corrected chi connectivity index (χ2v) is 6.37. The van der Waals surface area contributed by atoms with Gasteiger partial charge in [0.2, 0.25) is 0 Å². The topological polar surface area (TPSA) is 62.5 Å². The molecule has 2 aromatic rings. The van der Waals surface area contributed by atoms with Crippen molar-refractivity contribution in [2.75, 3.05) is 36.8 Å². The van der Waals surface area contributed by atoms with Crippen LogP contribution >= 0.6 is 11.3 Å². The Balaban J connectivity index is 1.63. The van der Waals surface area contributed by atoms with Crippen molar-refractivity contribution < 1.29 is 4.79 Å². The molecule has 0 unspecified atom stereocenters. The zero-order valence-corrected chi connectivity index (χ0v) is 12.8. The summed E-state index contributed by atoms with van der Waals surface area (Å²) in [6, 6.07) is 7.10. The van der Waals surface area contributed by atoms with E-state index in [2.05, 4.69) is 16.8 Å². The van der Waals surface area contributed by atoms with E-state index in [0.717, 1.165) is 31.3 Å². The summed E-state index contributed by atoms with van der Waals surface area (Å²) in [5.41, 5.74) is 7.03. The first-order chi connectivity index (χ1) is 10.1. The summed E-state index contributed by atoms with van der Waals surface area (Å²) >= 11 is 1.70. The van der Waals surface area contributed by atoms with Gasteiger partial charge in [-0.15, -0.1) is 11.3 Å². The highest BCUT2D eigenvalue weighted by Gasteiger charge is 2.23. The first kappa shape index (κ1) is 13.9. The van der Waals surface area contributed by atoms with Crippen LogP contribution in [0.4, 0.5) is 10.8 Å². The zero-order chi connectivity index (χ0) is 14.8. The number of aromatic nitrogens is 1. The monoisotopic (exact) mass is 302 g/mol. The van der Waals surface area contributed by atoms with Gasteiger partial charge in [-0.1, -0.05) is 0 Å². The Hall–Kier alpha value is -2.08. The largest absolute Gasteiger partial charge is 0.399 e. The molecule has 0 atom stereocenters. The number of hydrogen-bond donors (Lipinski definition) is 1. The summed E-state index contributed by atoms with van der Waals surface area (Å²) in [5, 5.41) is 1.05. The van der Waals surface area contributed by atoms with E-state index in [1.165, 1.54) is 4.88 Å². The highest BCUT2D eigenvalue weighted by molar-refractivity contribution is 7.15. The number of benzene rings is 1. The fourth-order valence-corrected chi connectivity index (χ4v) is 3.21. The van der Waals surface area contributed by atoms with Crippen LogP contribution in [0, 0.1) is 6.92 Å². The average molecular weight is 302 g/mol. The summed E-state index contributed by atoms with van der Waals surface area (Å²) in [5.74, 6) is 0.0740. The molecule has 1 aliphatic rings.